The Bertz CT molecular complexity index is 1320. The fourth-order valence-corrected chi connectivity index (χ4v) is 6.10. The molecule has 0 radical (unpaired) electrons. The molecule has 0 aliphatic carbocycles. The molecule has 1 aromatic carbocycles. The minimum atomic E-state index is -1.24. The molecule has 4 rings (SSSR count). The molecule has 1 fully saturated rings. The van der Waals surface area contributed by atoms with Crippen molar-refractivity contribution < 1.29 is 33.2 Å². The van der Waals surface area contributed by atoms with Crippen LogP contribution in [0, 0.1) is 11.6 Å². The van der Waals surface area contributed by atoms with E-state index in [1.54, 1.807) is 11.8 Å². The highest BCUT2D eigenvalue weighted by Crippen LogP contribution is 2.35. The maximum absolute atomic E-state index is 14.7. The molecule has 238 valence electrons. The van der Waals surface area contributed by atoms with Crippen molar-refractivity contribution in [2.45, 2.75) is 101 Å². The fourth-order valence-electron chi connectivity index (χ4n) is 5.79. The number of nitrogens with zero attached hydrogens (tertiary/aromatic N) is 6. The van der Waals surface area contributed by atoms with Crippen molar-refractivity contribution in [1.29, 1.82) is 0 Å². The van der Waals surface area contributed by atoms with Crippen LogP contribution in [0.3, 0.4) is 0 Å². The lowest BCUT2D eigenvalue weighted by Crippen LogP contribution is -2.57. The van der Waals surface area contributed by atoms with E-state index in [-0.39, 0.29) is 22.2 Å². The number of rotatable bonds is 15. The molecule has 0 saturated carbocycles. The Kier molecular flexibility index (Phi) is 11.8. The standard InChI is InChI=1S/C29H41BrF2N6O5/c1-5-7-8-9-10-13-29(6-2,42-4)38-15-18(33-36-38)14-22-28(41-3)26(27(40)23(17-39)43-22)37-16-21(34-35-37)19-11-12-20(30)25(32)24(19)31/h11-12,15-16,22-23,26-28,39-40H,5-10,13-14,17H2,1-4H3/t22-,23-,26+,27+,28+,29?/m1/s1. The third-order valence-corrected chi connectivity index (χ3v) is 8.95. The largest absolute Gasteiger partial charge is 0.394 e. The number of unbranched alkanes of at least 4 members (excludes halogenated alkanes) is 4. The molecule has 0 amide bonds. The number of hydrogen-bond donors (Lipinski definition) is 2. The number of halogens is 3. The van der Waals surface area contributed by atoms with E-state index < -0.39 is 54.4 Å². The summed E-state index contributed by atoms with van der Waals surface area (Å²) in [5, 5.41) is 38.1. The Balaban J connectivity index is 1.57. The van der Waals surface area contributed by atoms with Gasteiger partial charge in [-0.25, -0.2) is 18.1 Å². The third kappa shape index (κ3) is 7.15. The zero-order valence-corrected chi connectivity index (χ0v) is 26.6. The summed E-state index contributed by atoms with van der Waals surface area (Å²) in [6.45, 7) is 3.78. The first-order valence-corrected chi connectivity index (χ1v) is 15.5. The lowest BCUT2D eigenvalue weighted by Gasteiger charge is -2.43. The minimum absolute atomic E-state index is 0.0142. The van der Waals surface area contributed by atoms with Gasteiger partial charge in [-0.05, 0) is 47.3 Å². The Morgan fingerprint density at radius 2 is 1.79 bits per heavy atom. The first-order chi connectivity index (χ1) is 20.7. The second-order valence-corrected chi connectivity index (χ2v) is 11.8. The summed E-state index contributed by atoms with van der Waals surface area (Å²) in [5.41, 5.74) is -0.0251. The molecule has 1 aliphatic heterocycles. The Labute approximate surface area is 258 Å². The SMILES string of the molecule is CCCCCCCC(CC)(OC)n1cc(C[C@H]2O[C@H](CO)[C@H](O)[C@H](n3cc(-c4ccc(Br)c(F)c4F)nn3)[C@H]2OC)nn1. The second-order valence-electron chi connectivity index (χ2n) is 10.9. The van der Waals surface area contributed by atoms with Gasteiger partial charge in [0, 0.05) is 26.2 Å². The first kappa shape index (κ1) is 33.5. The van der Waals surface area contributed by atoms with Gasteiger partial charge in [-0.1, -0.05) is 50.0 Å². The molecule has 0 spiro atoms. The van der Waals surface area contributed by atoms with E-state index in [1.807, 2.05) is 6.20 Å². The predicted molar refractivity (Wildman–Crippen MR) is 157 cm³/mol. The van der Waals surface area contributed by atoms with E-state index in [0.717, 1.165) is 19.3 Å². The van der Waals surface area contributed by atoms with Gasteiger partial charge >= 0.3 is 0 Å². The van der Waals surface area contributed by atoms with Crippen LogP contribution in [0.4, 0.5) is 8.78 Å². The van der Waals surface area contributed by atoms with Gasteiger partial charge in [-0.2, -0.15) is 0 Å². The molecule has 43 heavy (non-hydrogen) atoms. The lowest BCUT2D eigenvalue weighted by molar-refractivity contribution is -0.212. The van der Waals surface area contributed by atoms with Crippen LogP contribution in [0.2, 0.25) is 0 Å². The van der Waals surface area contributed by atoms with Crippen molar-refractivity contribution in [3.63, 3.8) is 0 Å². The van der Waals surface area contributed by atoms with Gasteiger partial charge in [0.05, 0.1) is 35.3 Å². The molecule has 6 atom stereocenters. The van der Waals surface area contributed by atoms with Gasteiger partial charge in [-0.3, -0.25) is 0 Å². The summed E-state index contributed by atoms with van der Waals surface area (Å²) in [6, 6.07) is 1.90. The second kappa shape index (κ2) is 15.1. The van der Waals surface area contributed by atoms with E-state index in [9.17, 15) is 19.0 Å². The minimum Gasteiger partial charge on any atom is -0.394 e. The van der Waals surface area contributed by atoms with Crippen molar-refractivity contribution >= 4 is 15.9 Å². The number of ether oxygens (including phenoxy) is 3. The molecule has 11 nitrogen and oxygen atoms in total. The van der Waals surface area contributed by atoms with Crippen LogP contribution in [-0.2, 0) is 26.4 Å². The predicted octanol–water partition coefficient (Wildman–Crippen LogP) is 4.57. The average molecular weight is 672 g/mol. The van der Waals surface area contributed by atoms with Crippen LogP contribution in [0.25, 0.3) is 11.3 Å². The normalized spacial score (nSPS) is 23.9. The van der Waals surface area contributed by atoms with Crippen molar-refractivity contribution in [3.05, 3.63) is 46.3 Å². The highest BCUT2D eigenvalue weighted by Gasteiger charge is 2.47. The summed E-state index contributed by atoms with van der Waals surface area (Å²) in [7, 11) is 3.16. The maximum atomic E-state index is 14.7. The molecule has 1 saturated heterocycles. The Hall–Kier alpha value is -2.36. The van der Waals surface area contributed by atoms with Gasteiger partial charge in [0.25, 0.3) is 0 Å². The number of aliphatic hydroxyl groups is 2. The third-order valence-electron chi connectivity index (χ3n) is 8.33. The van der Waals surface area contributed by atoms with E-state index in [2.05, 4.69) is 50.4 Å². The Morgan fingerprint density at radius 1 is 1.02 bits per heavy atom. The molecule has 2 N–H and O–H groups in total. The van der Waals surface area contributed by atoms with Crippen LogP contribution >= 0.6 is 15.9 Å². The van der Waals surface area contributed by atoms with Crippen molar-refractivity contribution in [2.75, 3.05) is 20.8 Å². The number of benzene rings is 1. The van der Waals surface area contributed by atoms with Gasteiger partial charge < -0.3 is 24.4 Å². The maximum Gasteiger partial charge on any atom is 0.173 e. The molecule has 3 heterocycles. The fraction of sp³-hybridized carbons (Fsp3) is 0.655. The van der Waals surface area contributed by atoms with Gasteiger partial charge in [-0.15, -0.1) is 10.2 Å². The van der Waals surface area contributed by atoms with Crippen LogP contribution in [0.1, 0.15) is 70.5 Å². The zero-order valence-electron chi connectivity index (χ0n) is 25.0. The number of aliphatic hydroxyl groups excluding tert-OH is 2. The highest BCUT2D eigenvalue weighted by molar-refractivity contribution is 9.10. The number of aromatic nitrogens is 6. The summed E-state index contributed by atoms with van der Waals surface area (Å²) < 4.78 is 49.8. The van der Waals surface area contributed by atoms with Crippen LogP contribution < -0.4 is 0 Å². The van der Waals surface area contributed by atoms with Crippen molar-refractivity contribution in [2.24, 2.45) is 0 Å². The molecule has 3 aromatic rings. The monoisotopic (exact) mass is 670 g/mol. The highest BCUT2D eigenvalue weighted by atomic mass is 79.9. The topological polar surface area (TPSA) is 130 Å². The Morgan fingerprint density at radius 3 is 2.47 bits per heavy atom. The van der Waals surface area contributed by atoms with Crippen LogP contribution in [0.15, 0.2) is 29.0 Å². The number of hydrogen-bond acceptors (Lipinski definition) is 9. The van der Waals surface area contributed by atoms with Crippen molar-refractivity contribution in [3.8, 4) is 11.3 Å². The van der Waals surface area contributed by atoms with Crippen LogP contribution in [-0.4, -0.2) is 85.4 Å². The van der Waals surface area contributed by atoms with Gasteiger partial charge in [0.1, 0.15) is 30.0 Å². The smallest absolute Gasteiger partial charge is 0.173 e. The van der Waals surface area contributed by atoms with Gasteiger partial charge in [0.2, 0.25) is 0 Å². The summed E-state index contributed by atoms with van der Waals surface area (Å²) in [6.07, 6.45) is 7.06. The summed E-state index contributed by atoms with van der Waals surface area (Å²) >= 11 is 2.97. The lowest BCUT2D eigenvalue weighted by atomic mass is 9.90. The molecular formula is C29H41BrF2N6O5. The summed E-state index contributed by atoms with van der Waals surface area (Å²) in [4.78, 5) is 0. The average Bonchev–Trinajstić information content (AvgIpc) is 3.69. The molecule has 1 aliphatic rings. The first-order valence-electron chi connectivity index (χ1n) is 14.7. The molecule has 14 heteroatoms. The van der Waals surface area contributed by atoms with Gasteiger partial charge in [0.15, 0.2) is 17.4 Å². The van der Waals surface area contributed by atoms with E-state index in [0.29, 0.717) is 12.1 Å². The molecule has 2 aromatic heterocycles. The van der Waals surface area contributed by atoms with E-state index in [4.69, 9.17) is 14.2 Å². The van der Waals surface area contributed by atoms with Crippen LogP contribution in [0.5, 0.6) is 0 Å². The van der Waals surface area contributed by atoms with E-state index >= 15 is 0 Å². The van der Waals surface area contributed by atoms with E-state index in [1.165, 1.54) is 49.4 Å². The molecule has 0 bridgehead atoms. The number of methoxy groups -OCH3 is 2. The zero-order chi connectivity index (χ0) is 31.1. The summed E-state index contributed by atoms with van der Waals surface area (Å²) in [5.74, 6) is -2.12. The molecular weight excluding hydrogens is 630 g/mol. The quantitative estimate of drug-likeness (QED) is 0.176. The molecule has 1 unspecified atom stereocenters. The van der Waals surface area contributed by atoms with Crippen molar-refractivity contribution in [1.82, 2.24) is 30.0 Å².